The number of rotatable bonds is 10. The molecule has 0 saturated carbocycles. The van der Waals surface area contributed by atoms with E-state index in [1.807, 2.05) is 30.3 Å². The predicted octanol–water partition coefficient (Wildman–Crippen LogP) is 3.28. The summed E-state index contributed by atoms with van der Waals surface area (Å²) in [6.45, 7) is 5.15. The molecule has 1 rings (SSSR count). The molecule has 2 unspecified atom stereocenters. The Bertz CT molecular complexity index is 571. The number of halogens is 1. The summed E-state index contributed by atoms with van der Waals surface area (Å²) in [7, 11) is 0. The number of carbonyl (C=O) groups is 3. The lowest BCUT2D eigenvalue weighted by atomic mass is 9.86. The topological polar surface area (TPSA) is 78.9 Å². The SMILES string of the molecule is CCOC(=O)C(CC(Cl)c1ccccc1)C(C(=O)OCC)C(=O)OCC. The molecule has 1 aromatic carbocycles. The molecule has 26 heavy (non-hydrogen) atoms. The molecule has 0 N–H and O–H groups in total. The standard InChI is InChI=1S/C19H25ClO6/c1-4-24-17(21)14(12-15(20)13-10-8-7-9-11-13)16(18(22)25-5-2)19(23)26-6-3/h7-11,14-16H,4-6,12H2,1-3H3. The van der Waals surface area contributed by atoms with Crippen LogP contribution in [-0.2, 0) is 28.6 Å². The van der Waals surface area contributed by atoms with E-state index in [0.29, 0.717) is 0 Å². The van der Waals surface area contributed by atoms with Crippen molar-refractivity contribution in [1.82, 2.24) is 0 Å². The van der Waals surface area contributed by atoms with Crippen LogP contribution >= 0.6 is 11.6 Å². The van der Waals surface area contributed by atoms with Crippen LogP contribution in [0.4, 0.5) is 0 Å². The molecule has 2 atom stereocenters. The Hall–Kier alpha value is -2.08. The minimum absolute atomic E-state index is 0.0344. The van der Waals surface area contributed by atoms with Crippen LogP contribution in [0.25, 0.3) is 0 Å². The van der Waals surface area contributed by atoms with Gasteiger partial charge in [0.05, 0.1) is 31.1 Å². The maximum atomic E-state index is 12.5. The van der Waals surface area contributed by atoms with Crippen molar-refractivity contribution in [1.29, 1.82) is 0 Å². The highest BCUT2D eigenvalue weighted by atomic mass is 35.5. The lowest BCUT2D eigenvalue weighted by Gasteiger charge is -2.24. The van der Waals surface area contributed by atoms with Crippen molar-refractivity contribution < 1.29 is 28.6 Å². The van der Waals surface area contributed by atoms with E-state index in [4.69, 9.17) is 25.8 Å². The molecule has 0 fully saturated rings. The summed E-state index contributed by atoms with van der Waals surface area (Å²) in [5.74, 6) is -4.84. The van der Waals surface area contributed by atoms with E-state index in [-0.39, 0.29) is 26.2 Å². The van der Waals surface area contributed by atoms with Gasteiger partial charge in [-0.1, -0.05) is 30.3 Å². The van der Waals surface area contributed by atoms with Gasteiger partial charge in [0.2, 0.25) is 0 Å². The Morgan fingerprint density at radius 2 is 1.31 bits per heavy atom. The van der Waals surface area contributed by atoms with Crippen LogP contribution in [0.5, 0.6) is 0 Å². The molecule has 0 amide bonds. The summed E-state index contributed by atoms with van der Waals surface area (Å²) in [5, 5.41) is -0.586. The fourth-order valence-electron chi connectivity index (χ4n) is 2.53. The molecule has 0 aromatic heterocycles. The third-order valence-corrected chi connectivity index (χ3v) is 4.13. The molecule has 0 heterocycles. The molecule has 0 aliphatic rings. The average Bonchev–Trinajstić information content (AvgIpc) is 2.62. The van der Waals surface area contributed by atoms with Crippen LogP contribution in [0.1, 0.15) is 38.1 Å². The molecule has 0 spiro atoms. The first-order valence-corrected chi connectivity index (χ1v) is 9.08. The van der Waals surface area contributed by atoms with Crippen molar-refractivity contribution in [3.8, 4) is 0 Å². The van der Waals surface area contributed by atoms with Gasteiger partial charge < -0.3 is 14.2 Å². The molecule has 7 heteroatoms. The van der Waals surface area contributed by atoms with Gasteiger partial charge in [-0.15, -0.1) is 11.6 Å². The van der Waals surface area contributed by atoms with E-state index >= 15 is 0 Å². The van der Waals surface area contributed by atoms with Gasteiger partial charge in [0.1, 0.15) is 0 Å². The van der Waals surface area contributed by atoms with Crippen LogP contribution in [-0.4, -0.2) is 37.7 Å². The maximum absolute atomic E-state index is 12.5. The summed E-state index contributed by atoms with van der Waals surface area (Å²) >= 11 is 6.44. The van der Waals surface area contributed by atoms with Crippen molar-refractivity contribution in [3.05, 3.63) is 35.9 Å². The van der Waals surface area contributed by atoms with Crippen LogP contribution < -0.4 is 0 Å². The predicted molar refractivity (Wildman–Crippen MR) is 96.5 cm³/mol. The second-order valence-corrected chi connectivity index (χ2v) is 5.98. The molecular formula is C19H25ClO6. The zero-order valence-electron chi connectivity index (χ0n) is 15.3. The van der Waals surface area contributed by atoms with Gasteiger partial charge >= 0.3 is 17.9 Å². The fourth-order valence-corrected chi connectivity index (χ4v) is 2.86. The first-order valence-electron chi connectivity index (χ1n) is 8.65. The highest BCUT2D eigenvalue weighted by Crippen LogP contribution is 2.33. The fraction of sp³-hybridized carbons (Fsp3) is 0.526. The van der Waals surface area contributed by atoms with Crippen LogP contribution in [0, 0.1) is 11.8 Å². The smallest absolute Gasteiger partial charge is 0.321 e. The van der Waals surface area contributed by atoms with Crippen molar-refractivity contribution in [3.63, 3.8) is 0 Å². The Morgan fingerprint density at radius 1 is 0.846 bits per heavy atom. The molecule has 0 aliphatic heterocycles. The molecule has 1 aromatic rings. The van der Waals surface area contributed by atoms with E-state index in [9.17, 15) is 14.4 Å². The van der Waals surface area contributed by atoms with Crippen molar-refractivity contribution in [2.75, 3.05) is 19.8 Å². The number of alkyl halides is 1. The van der Waals surface area contributed by atoms with Crippen molar-refractivity contribution >= 4 is 29.5 Å². The lowest BCUT2D eigenvalue weighted by molar-refractivity contribution is -0.171. The van der Waals surface area contributed by atoms with Gasteiger partial charge in [-0.2, -0.15) is 0 Å². The van der Waals surface area contributed by atoms with E-state index in [1.54, 1.807) is 20.8 Å². The van der Waals surface area contributed by atoms with E-state index in [2.05, 4.69) is 0 Å². The van der Waals surface area contributed by atoms with E-state index in [1.165, 1.54) is 0 Å². The Balaban J connectivity index is 3.15. The number of benzene rings is 1. The normalized spacial score (nSPS) is 13.0. The Kier molecular flexibility index (Phi) is 9.73. The second kappa shape index (κ2) is 11.5. The first-order chi connectivity index (χ1) is 12.5. The van der Waals surface area contributed by atoms with Crippen LogP contribution in [0.2, 0.25) is 0 Å². The Labute approximate surface area is 158 Å². The summed E-state index contributed by atoms with van der Waals surface area (Å²) in [6.07, 6.45) is 0.0344. The average molecular weight is 385 g/mol. The van der Waals surface area contributed by atoms with Gasteiger partial charge in [0.15, 0.2) is 5.92 Å². The minimum Gasteiger partial charge on any atom is -0.466 e. The molecule has 0 saturated heterocycles. The monoisotopic (exact) mass is 384 g/mol. The molecule has 144 valence electrons. The second-order valence-electron chi connectivity index (χ2n) is 5.45. The highest BCUT2D eigenvalue weighted by Gasteiger charge is 2.43. The van der Waals surface area contributed by atoms with Crippen LogP contribution in [0.15, 0.2) is 30.3 Å². The first kappa shape index (κ1) is 22.0. The number of hydrogen-bond donors (Lipinski definition) is 0. The van der Waals surface area contributed by atoms with Gasteiger partial charge in [-0.05, 0) is 32.8 Å². The molecule has 6 nitrogen and oxygen atoms in total. The number of hydrogen-bond acceptors (Lipinski definition) is 6. The van der Waals surface area contributed by atoms with E-state index in [0.717, 1.165) is 5.56 Å². The molecule has 0 aliphatic carbocycles. The molecule has 0 radical (unpaired) electrons. The minimum atomic E-state index is -1.42. The zero-order valence-corrected chi connectivity index (χ0v) is 16.0. The third-order valence-electron chi connectivity index (χ3n) is 3.69. The zero-order chi connectivity index (χ0) is 19.5. The van der Waals surface area contributed by atoms with E-state index < -0.39 is 35.1 Å². The van der Waals surface area contributed by atoms with Gasteiger partial charge in [-0.25, -0.2) is 0 Å². The number of carbonyl (C=O) groups excluding carboxylic acids is 3. The summed E-state index contributed by atoms with van der Waals surface area (Å²) in [4.78, 5) is 37.2. The highest BCUT2D eigenvalue weighted by molar-refractivity contribution is 6.21. The summed E-state index contributed by atoms with van der Waals surface area (Å²) in [5.41, 5.74) is 0.773. The third kappa shape index (κ3) is 6.33. The van der Waals surface area contributed by atoms with Gasteiger partial charge in [0, 0.05) is 0 Å². The molecule has 0 bridgehead atoms. The Morgan fingerprint density at radius 3 is 1.77 bits per heavy atom. The summed E-state index contributed by atoms with van der Waals surface area (Å²) < 4.78 is 15.0. The van der Waals surface area contributed by atoms with Crippen LogP contribution in [0.3, 0.4) is 0 Å². The maximum Gasteiger partial charge on any atom is 0.321 e. The quantitative estimate of drug-likeness (QED) is 0.266. The number of esters is 3. The van der Waals surface area contributed by atoms with Gasteiger partial charge in [0.25, 0.3) is 0 Å². The summed E-state index contributed by atoms with van der Waals surface area (Å²) in [6, 6.07) is 9.10. The largest absolute Gasteiger partial charge is 0.466 e. The number of ether oxygens (including phenoxy) is 3. The molecular weight excluding hydrogens is 360 g/mol. The van der Waals surface area contributed by atoms with Gasteiger partial charge in [-0.3, -0.25) is 14.4 Å². The van der Waals surface area contributed by atoms with Crippen molar-refractivity contribution in [2.45, 2.75) is 32.6 Å². The lowest BCUT2D eigenvalue weighted by Crippen LogP contribution is -2.39. The van der Waals surface area contributed by atoms with Crippen molar-refractivity contribution in [2.24, 2.45) is 11.8 Å².